The van der Waals surface area contributed by atoms with Crippen LogP contribution in [-0.4, -0.2) is 50.5 Å². The molecule has 3 aromatic rings. The van der Waals surface area contributed by atoms with Gasteiger partial charge in [0.2, 0.25) is 5.95 Å². The van der Waals surface area contributed by atoms with E-state index in [2.05, 4.69) is 10.2 Å². The number of fused-ring (bicyclic) bond motifs is 1. The van der Waals surface area contributed by atoms with E-state index in [0.717, 1.165) is 11.1 Å². The molecule has 1 saturated heterocycles. The summed E-state index contributed by atoms with van der Waals surface area (Å²) in [5.41, 5.74) is 2.82. The predicted molar refractivity (Wildman–Crippen MR) is 126 cm³/mol. The first-order valence-electron chi connectivity index (χ1n) is 10.6. The molecule has 1 aliphatic rings. The van der Waals surface area contributed by atoms with Crippen molar-refractivity contribution in [3.05, 3.63) is 57.9 Å². The molecule has 4 rings (SSSR count). The van der Waals surface area contributed by atoms with Gasteiger partial charge in [-0.3, -0.25) is 9.36 Å². The number of ether oxygens (including phenoxy) is 1. The minimum Gasteiger partial charge on any atom is -0.378 e. The van der Waals surface area contributed by atoms with E-state index >= 15 is 0 Å². The highest BCUT2D eigenvalue weighted by molar-refractivity contribution is 7.90. The molecule has 8 nitrogen and oxygen atoms in total. The summed E-state index contributed by atoms with van der Waals surface area (Å²) in [7, 11) is -1.65. The third kappa shape index (κ3) is 4.22. The Morgan fingerprint density at radius 3 is 2.53 bits per heavy atom. The summed E-state index contributed by atoms with van der Waals surface area (Å²) in [5, 5.41) is 3.87. The molecule has 2 heterocycles. The molecule has 0 bridgehead atoms. The van der Waals surface area contributed by atoms with Gasteiger partial charge in [0.1, 0.15) is 0 Å². The number of sulfone groups is 1. The number of aryl methyl sites for hydroxylation is 1. The SMILES string of the molecule is Cc1cc([C@H](C)Nc2ccccc2S(C)(=O)=O)c2nc(N3CCOCC3)n(C)c(=O)c2c1. The van der Waals surface area contributed by atoms with Crippen LogP contribution in [0.4, 0.5) is 11.6 Å². The van der Waals surface area contributed by atoms with E-state index in [1.807, 2.05) is 26.0 Å². The van der Waals surface area contributed by atoms with Gasteiger partial charge >= 0.3 is 0 Å². The molecular formula is C23H28N4O4S. The molecule has 0 aliphatic carbocycles. The fourth-order valence-corrected chi connectivity index (χ4v) is 4.99. The maximum Gasteiger partial charge on any atom is 0.262 e. The molecule has 32 heavy (non-hydrogen) atoms. The summed E-state index contributed by atoms with van der Waals surface area (Å²) in [6, 6.07) is 10.4. The van der Waals surface area contributed by atoms with Crippen LogP contribution < -0.4 is 15.8 Å². The third-order valence-electron chi connectivity index (χ3n) is 5.75. The van der Waals surface area contributed by atoms with Crippen LogP contribution in [0, 0.1) is 6.92 Å². The van der Waals surface area contributed by atoms with Crippen LogP contribution in [0.1, 0.15) is 24.1 Å². The average molecular weight is 457 g/mol. The molecule has 1 atom stereocenters. The van der Waals surface area contributed by atoms with E-state index in [9.17, 15) is 13.2 Å². The van der Waals surface area contributed by atoms with E-state index in [1.54, 1.807) is 35.9 Å². The maximum absolute atomic E-state index is 13.2. The van der Waals surface area contributed by atoms with Crippen LogP contribution in [0.15, 0.2) is 46.1 Å². The molecule has 1 aliphatic heterocycles. The van der Waals surface area contributed by atoms with E-state index in [4.69, 9.17) is 9.72 Å². The van der Waals surface area contributed by atoms with E-state index < -0.39 is 9.84 Å². The largest absolute Gasteiger partial charge is 0.378 e. The first-order chi connectivity index (χ1) is 15.2. The second-order valence-corrected chi connectivity index (χ2v) is 10.2. The van der Waals surface area contributed by atoms with Crippen molar-refractivity contribution in [2.24, 2.45) is 7.05 Å². The molecule has 0 radical (unpaired) electrons. The number of hydrogen-bond acceptors (Lipinski definition) is 7. The number of nitrogens with one attached hydrogen (secondary N) is 1. The lowest BCUT2D eigenvalue weighted by Gasteiger charge is -2.29. The van der Waals surface area contributed by atoms with Crippen LogP contribution in [0.25, 0.3) is 10.9 Å². The summed E-state index contributed by atoms with van der Waals surface area (Å²) in [6.07, 6.45) is 1.19. The summed E-state index contributed by atoms with van der Waals surface area (Å²) in [6.45, 7) is 6.41. The quantitative estimate of drug-likeness (QED) is 0.631. The highest BCUT2D eigenvalue weighted by Crippen LogP contribution is 2.30. The average Bonchev–Trinajstić information content (AvgIpc) is 2.76. The van der Waals surface area contributed by atoms with Crippen molar-refractivity contribution in [3.63, 3.8) is 0 Å². The number of anilines is 2. The Hall–Kier alpha value is -2.91. The molecule has 1 fully saturated rings. The van der Waals surface area contributed by atoms with E-state index in [-0.39, 0.29) is 16.5 Å². The topological polar surface area (TPSA) is 93.5 Å². The van der Waals surface area contributed by atoms with Crippen molar-refractivity contribution in [3.8, 4) is 0 Å². The predicted octanol–water partition coefficient (Wildman–Crippen LogP) is 2.66. The summed E-state index contributed by atoms with van der Waals surface area (Å²) < 4.78 is 31.5. The lowest BCUT2D eigenvalue weighted by Crippen LogP contribution is -2.40. The van der Waals surface area contributed by atoms with Crippen molar-refractivity contribution in [2.75, 3.05) is 42.8 Å². The number of aromatic nitrogens is 2. The number of rotatable bonds is 5. The van der Waals surface area contributed by atoms with Crippen LogP contribution in [0.5, 0.6) is 0 Å². The Morgan fingerprint density at radius 1 is 1.16 bits per heavy atom. The number of benzene rings is 2. The Labute approximate surface area is 187 Å². The minimum absolute atomic E-state index is 0.106. The van der Waals surface area contributed by atoms with Crippen molar-refractivity contribution in [1.29, 1.82) is 0 Å². The Kier molecular flexibility index (Phi) is 5.96. The second-order valence-electron chi connectivity index (χ2n) is 8.26. The number of hydrogen-bond donors (Lipinski definition) is 1. The highest BCUT2D eigenvalue weighted by Gasteiger charge is 2.22. The monoisotopic (exact) mass is 456 g/mol. The first kappa shape index (κ1) is 22.3. The first-order valence-corrected chi connectivity index (χ1v) is 12.5. The smallest absolute Gasteiger partial charge is 0.262 e. The van der Waals surface area contributed by atoms with Crippen LogP contribution >= 0.6 is 0 Å². The van der Waals surface area contributed by atoms with Gasteiger partial charge in [0.05, 0.1) is 40.7 Å². The van der Waals surface area contributed by atoms with Gasteiger partial charge < -0.3 is 15.0 Å². The van der Waals surface area contributed by atoms with Gasteiger partial charge in [0.25, 0.3) is 5.56 Å². The van der Waals surface area contributed by atoms with Crippen molar-refractivity contribution >= 4 is 32.4 Å². The standard InChI is InChI=1S/C23H28N4O4S/c1-15-13-17(16(2)24-19-7-5-6-8-20(19)32(4,29)30)21-18(14-15)22(28)26(3)23(25-21)27-9-11-31-12-10-27/h5-8,13-14,16,24H,9-12H2,1-4H3/t16-/m0/s1. The summed E-state index contributed by atoms with van der Waals surface area (Å²) in [4.78, 5) is 20.4. The molecule has 1 N–H and O–H groups in total. The highest BCUT2D eigenvalue weighted by atomic mass is 32.2. The van der Waals surface area contributed by atoms with Crippen molar-refractivity contribution in [1.82, 2.24) is 9.55 Å². The fourth-order valence-electron chi connectivity index (χ4n) is 4.14. The third-order valence-corrected chi connectivity index (χ3v) is 6.90. The molecule has 170 valence electrons. The van der Waals surface area contributed by atoms with Gasteiger partial charge in [-0.1, -0.05) is 18.2 Å². The number of nitrogens with zero attached hydrogens (tertiary/aromatic N) is 3. The van der Waals surface area contributed by atoms with E-state index in [0.29, 0.717) is 48.8 Å². The summed E-state index contributed by atoms with van der Waals surface area (Å²) in [5.74, 6) is 0.611. The zero-order valence-electron chi connectivity index (χ0n) is 18.8. The van der Waals surface area contributed by atoms with Gasteiger partial charge in [-0.05, 0) is 37.6 Å². The van der Waals surface area contributed by atoms with Crippen molar-refractivity contribution < 1.29 is 13.2 Å². The molecule has 0 spiro atoms. The zero-order valence-corrected chi connectivity index (χ0v) is 19.6. The van der Waals surface area contributed by atoms with Gasteiger partial charge in [-0.15, -0.1) is 0 Å². The summed E-state index contributed by atoms with van der Waals surface area (Å²) >= 11 is 0. The molecule has 0 saturated carbocycles. The number of para-hydroxylation sites is 1. The molecule has 1 aromatic heterocycles. The fraction of sp³-hybridized carbons (Fsp3) is 0.391. The van der Waals surface area contributed by atoms with Gasteiger partial charge in [-0.25, -0.2) is 13.4 Å². The lowest BCUT2D eigenvalue weighted by molar-refractivity contribution is 0.121. The van der Waals surface area contributed by atoms with Gasteiger partial charge in [-0.2, -0.15) is 0 Å². The molecule has 2 aromatic carbocycles. The van der Waals surface area contributed by atoms with Crippen LogP contribution in [0.2, 0.25) is 0 Å². The molecule has 9 heteroatoms. The molecular weight excluding hydrogens is 428 g/mol. The Balaban J connectivity index is 1.84. The molecule has 0 unspecified atom stereocenters. The van der Waals surface area contributed by atoms with E-state index in [1.165, 1.54) is 6.26 Å². The van der Waals surface area contributed by atoms with Gasteiger partial charge in [0.15, 0.2) is 9.84 Å². The molecule has 0 amide bonds. The Morgan fingerprint density at radius 2 is 1.84 bits per heavy atom. The van der Waals surface area contributed by atoms with Gasteiger partial charge in [0, 0.05) is 32.0 Å². The van der Waals surface area contributed by atoms with Crippen LogP contribution in [0.3, 0.4) is 0 Å². The van der Waals surface area contributed by atoms with Crippen molar-refractivity contribution in [2.45, 2.75) is 24.8 Å². The number of morpholine rings is 1. The van der Waals surface area contributed by atoms with Crippen LogP contribution in [-0.2, 0) is 21.6 Å². The maximum atomic E-state index is 13.2. The second kappa shape index (κ2) is 8.55. The Bertz CT molecular complexity index is 1330. The normalized spacial score (nSPS) is 15.7. The lowest BCUT2D eigenvalue weighted by atomic mass is 10.0. The minimum atomic E-state index is -3.40. The zero-order chi connectivity index (χ0) is 23.0.